The topological polar surface area (TPSA) is 146 Å². The van der Waals surface area contributed by atoms with Crippen LogP contribution in [0.5, 0.6) is 11.7 Å². The van der Waals surface area contributed by atoms with Gasteiger partial charge in [-0.2, -0.15) is 26.6 Å². The Balaban J connectivity index is 0.00000280. The summed E-state index contributed by atoms with van der Waals surface area (Å²) in [4.78, 5) is 23.5. The number of methoxy groups -OCH3 is 1. The largest absolute Gasteiger partial charge is 1.00 e. The quantitative estimate of drug-likeness (QED) is 0.189. The fourth-order valence-electron chi connectivity index (χ4n) is 2.45. The van der Waals surface area contributed by atoms with E-state index in [2.05, 4.69) is 10.2 Å². The Morgan fingerprint density at radius 2 is 2.00 bits per heavy atom. The Bertz CT molecular complexity index is 1220. The molecule has 0 aliphatic rings. The molecular formula is C16H10NNaO9S. The molecule has 2 aromatic carbocycles. The Labute approximate surface area is 180 Å². The molecule has 0 fully saturated rings. The molecule has 140 valence electrons. The van der Waals surface area contributed by atoms with Crippen LogP contribution in [-0.4, -0.2) is 25.0 Å². The van der Waals surface area contributed by atoms with Gasteiger partial charge in [-0.1, -0.05) is 0 Å². The predicted molar refractivity (Wildman–Crippen MR) is 92.1 cm³/mol. The Hall–Kier alpha value is -2.44. The molecule has 0 bridgehead atoms. The Morgan fingerprint density at radius 3 is 2.61 bits per heavy atom. The number of hydrogen-bond donors (Lipinski definition) is 1. The maximum atomic E-state index is 12.9. The van der Waals surface area contributed by atoms with Crippen molar-refractivity contribution >= 4 is 27.1 Å². The van der Waals surface area contributed by atoms with Crippen molar-refractivity contribution in [3.63, 3.8) is 0 Å². The molecule has 1 N–H and O–H groups in total. The fourth-order valence-corrected chi connectivity index (χ4v) is 2.76. The average Bonchev–Trinajstić information content (AvgIpc) is 2.60. The molecule has 0 aliphatic carbocycles. The number of ether oxygens (including phenoxy) is 1. The summed E-state index contributed by atoms with van der Waals surface area (Å²) in [5.74, 6) is -0.773. The zero-order valence-electron chi connectivity index (χ0n) is 14.5. The third kappa shape index (κ3) is 4.34. The minimum absolute atomic E-state index is 0. The molecular weight excluding hydrogens is 405 g/mol. The van der Waals surface area contributed by atoms with Gasteiger partial charge in [0.25, 0.3) is 5.69 Å². The molecule has 0 spiro atoms. The van der Waals surface area contributed by atoms with E-state index in [4.69, 9.17) is 13.7 Å². The molecule has 0 atom stereocenters. The summed E-state index contributed by atoms with van der Waals surface area (Å²) in [7, 11) is -3.78. The van der Waals surface area contributed by atoms with E-state index >= 15 is 0 Å². The Kier molecular flexibility index (Phi) is 6.47. The van der Waals surface area contributed by atoms with Crippen LogP contribution in [0.3, 0.4) is 0 Å². The third-order valence-corrected chi connectivity index (χ3v) is 3.92. The van der Waals surface area contributed by atoms with Crippen LogP contribution >= 0.6 is 0 Å². The van der Waals surface area contributed by atoms with Gasteiger partial charge in [-0.25, -0.2) is 0 Å². The Morgan fingerprint density at radius 1 is 1.29 bits per heavy atom. The van der Waals surface area contributed by atoms with Gasteiger partial charge in [0.15, 0.2) is 5.43 Å². The van der Waals surface area contributed by atoms with Crippen molar-refractivity contribution in [1.82, 2.24) is 0 Å². The van der Waals surface area contributed by atoms with E-state index in [9.17, 15) is 23.3 Å². The van der Waals surface area contributed by atoms with Gasteiger partial charge < -0.3 is 13.3 Å². The summed E-state index contributed by atoms with van der Waals surface area (Å²) < 4.78 is 45.9. The van der Waals surface area contributed by atoms with Crippen LogP contribution in [0.1, 0.15) is 0 Å². The summed E-state index contributed by atoms with van der Waals surface area (Å²) in [5, 5.41) is 11.4. The van der Waals surface area contributed by atoms with E-state index in [1.165, 1.54) is 37.4 Å². The molecule has 28 heavy (non-hydrogen) atoms. The van der Waals surface area contributed by atoms with Crippen LogP contribution in [0.15, 0.2) is 45.6 Å². The van der Waals surface area contributed by atoms with Gasteiger partial charge in [-0.05, 0) is 17.5 Å². The summed E-state index contributed by atoms with van der Waals surface area (Å²) in [6.07, 6.45) is 0. The molecule has 0 radical (unpaired) electrons. The van der Waals surface area contributed by atoms with Gasteiger partial charge in [-0.15, -0.1) is 6.07 Å². The zero-order chi connectivity index (χ0) is 19.8. The molecule has 10 nitrogen and oxygen atoms in total. The van der Waals surface area contributed by atoms with Crippen molar-refractivity contribution in [2.45, 2.75) is 0 Å². The van der Waals surface area contributed by atoms with Gasteiger partial charge in [0.05, 0.1) is 23.7 Å². The van der Waals surface area contributed by atoms with E-state index < -0.39 is 37.9 Å². The smallest absolute Gasteiger partial charge is 0.497 e. The molecule has 0 unspecified atom stereocenters. The normalized spacial score (nSPS) is 10.9. The van der Waals surface area contributed by atoms with E-state index in [-0.39, 0.29) is 51.8 Å². The van der Waals surface area contributed by atoms with Crippen LogP contribution in [-0.2, 0) is 10.4 Å². The maximum absolute atomic E-state index is 12.9. The van der Waals surface area contributed by atoms with Crippen LogP contribution < -0.4 is 43.9 Å². The fraction of sp³-hybridized carbons (Fsp3) is 0.0625. The van der Waals surface area contributed by atoms with E-state index in [1.54, 1.807) is 0 Å². The van der Waals surface area contributed by atoms with E-state index in [0.717, 1.165) is 6.07 Å². The van der Waals surface area contributed by atoms with Gasteiger partial charge in [0.2, 0.25) is 0 Å². The van der Waals surface area contributed by atoms with Crippen molar-refractivity contribution in [1.29, 1.82) is 0 Å². The first-order chi connectivity index (χ1) is 12.7. The molecule has 3 aromatic rings. The molecule has 0 amide bonds. The number of hydrogen-bond acceptors (Lipinski definition) is 8. The first-order valence-corrected chi connectivity index (χ1v) is 8.54. The second-order valence-electron chi connectivity index (χ2n) is 5.17. The number of rotatable bonds is 5. The van der Waals surface area contributed by atoms with Gasteiger partial charge in [0, 0.05) is 5.58 Å². The zero-order valence-corrected chi connectivity index (χ0v) is 17.3. The van der Waals surface area contributed by atoms with Gasteiger partial charge in [-0.3, -0.25) is 19.5 Å². The SMILES string of the molecule is COc1ccc(-c2c(OS(=O)(=O)O)oc3c[c-]ccc3c2=O)c([N+](=O)[O-])c1.[Na+]. The predicted octanol–water partition coefficient (Wildman–Crippen LogP) is -0.637. The summed E-state index contributed by atoms with van der Waals surface area (Å²) >= 11 is 0. The second-order valence-corrected chi connectivity index (χ2v) is 6.19. The first-order valence-electron chi connectivity index (χ1n) is 7.18. The molecule has 0 aliphatic heterocycles. The molecule has 12 heteroatoms. The summed E-state index contributed by atoms with van der Waals surface area (Å²) in [6, 6.07) is 10.2. The van der Waals surface area contributed by atoms with Crippen LogP contribution in [0.25, 0.3) is 22.1 Å². The molecule has 1 aromatic heterocycles. The molecule has 0 saturated carbocycles. The summed E-state index contributed by atoms with van der Waals surface area (Å²) in [6.45, 7) is 0. The van der Waals surface area contributed by atoms with Crippen LogP contribution in [0.2, 0.25) is 0 Å². The van der Waals surface area contributed by atoms with E-state index in [1.807, 2.05) is 0 Å². The molecule has 3 rings (SSSR count). The summed E-state index contributed by atoms with van der Waals surface area (Å²) in [5.41, 5.74) is -2.24. The molecule has 0 saturated heterocycles. The van der Waals surface area contributed by atoms with Crippen molar-refractivity contribution in [2.75, 3.05) is 7.11 Å². The van der Waals surface area contributed by atoms with Crippen LogP contribution in [0.4, 0.5) is 5.69 Å². The first kappa shape index (κ1) is 21.9. The minimum atomic E-state index is -5.08. The standard InChI is InChI=1S/C16H10NO9S.Na/c1-24-9-6-7-10(12(8-9)17(19)20)14-15(18)11-4-2-3-5-13(11)25-16(14)26-27(21,22)23;/h2,4-8H,1H3,(H,21,22,23);/q-1;+1. The number of benzene rings is 2. The maximum Gasteiger partial charge on any atom is 1.00 e. The number of nitro benzene ring substituents is 1. The number of nitro groups is 1. The molecule has 1 heterocycles. The second kappa shape index (κ2) is 8.29. The van der Waals surface area contributed by atoms with E-state index in [0.29, 0.717) is 0 Å². The van der Waals surface area contributed by atoms with Crippen molar-refractivity contribution in [2.24, 2.45) is 0 Å². The van der Waals surface area contributed by atoms with Crippen molar-refractivity contribution < 1.29 is 60.8 Å². The third-order valence-electron chi connectivity index (χ3n) is 3.56. The van der Waals surface area contributed by atoms with Gasteiger partial charge >= 0.3 is 45.9 Å². The van der Waals surface area contributed by atoms with Gasteiger partial charge in [0.1, 0.15) is 11.3 Å². The number of fused-ring (bicyclic) bond motifs is 1. The van der Waals surface area contributed by atoms with Crippen molar-refractivity contribution in [3.05, 3.63) is 62.8 Å². The minimum Gasteiger partial charge on any atom is -0.497 e. The van der Waals surface area contributed by atoms with Crippen molar-refractivity contribution in [3.8, 4) is 22.8 Å². The monoisotopic (exact) mass is 415 g/mol. The average molecular weight is 415 g/mol. The number of nitrogens with zero attached hydrogens (tertiary/aromatic N) is 1. The van der Waals surface area contributed by atoms with Crippen LogP contribution in [0, 0.1) is 16.2 Å².